The van der Waals surface area contributed by atoms with E-state index in [0.717, 1.165) is 6.92 Å². The molecule has 2 aromatic heterocycles. The molecule has 0 aliphatic rings. The van der Waals surface area contributed by atoms with Crippen molar-refractivity contribution >= 4 is 5.95 Å². The molecule has 1 unspecified atom stereocenters. The Morgan fingerprint density at radius 1 is 1.33 bits per heavy atom. The van der Waals surface area contributed by atoms with Gasteiger partial charge in [-0.1, -0.05) is 0 Å². The van der Waals surface area contributed by atoms with Crippen molar-refractivity contribution in [2.45, 2.75) is 26.1 Å². The van der Waals surface area contributed by atoms with E-state index in [1.165, 1.54) is 17.3 Å². The number of aromatic nitrogens is 6. The molecule has 0 bridgehead atoms. The highest BCUT2D eigenvalue weighted by Gasteiger charge is 2.38. The first-order valence-corrected chi connectivity index (χ1v) is 5.98. The zero-order chi connectivity index (χ0) is 15.5. The van der Waals surface area contributed by atoms with Crippen molar-refractivity contribution in [3.8, 4) is 12.0 Å². The summed E-state index contributed by atoms with van der Waals surface area (Å²) < 4.78 is 43.5. The fourth-order valence-corrected chi connectivity index (χ4v) is 1.27. The maximum Gasteiger partial charge on any atom is 0.425 e. The summed E-state index contributed by atoms with van der Waals surface area (Å²) in [7, 11) is 0. The van der Waals surface area contributed by atoms with Crippen LogP contribution in [0.4, 0.5) is 19.1 Å². The third kappa shape index (κ3) is 3.77. The van der Waals surface area contributed by atoms with Crippen LogP contribution in [0, 0.1) is 0 Å². The van der Waals surface area contributed by atoms with E-state index in [1.807, 2.05) is 0 Å². The van der Waals surface area contributed by atoms with E-state index in [2.05, 4.69) is 30.4 Å². The predicted molar refractivity (Wildman–Crippen MR) is 65.1 cm³/mol. The van der Waals surface area contributed by atoms with Gasteiger partial charge in [0.05, 0.1) is 0 Å². The number of alkyl halides is 3. The fraction of sp³-hybridized carbons (Fsp3) is 0.500. The second-order valence-corrected chi connectivity index (χ2v) is 3.91. The number of hydrogen-bond donors (Lipinski definition) is 1. The van der Waals surface area contributed by atoms with Crippen molar-refractivity contribution in [3.05, 3.63) is 12.7 Å². The highest BCUT2D eigenvalue weighted by molar-refractivity contribution is 5.29. The van der Waals surface area contributed by atoms with Crippen LogP contribution in [0.3, 0.4) is 0 Å². The molecule has 0 spiro atoms. The summed E-state index contributed by atoms with van der Waals surface area (Å²) in [4.78, 5) is 15.3. The van der Waals surface area contributed by atoms with Crippen LogP contribution in [0.25, 0.3) is 5.95 Å². The molecule has 1 N–H and O–H groups in total. The Balaban J connectivity index is 2.32. The van der Waals surface area contributed by atoms with Crippen LogP contribution in [0.2, 0.25) is 0 Å². The summed E-state index contributed by atoms with van der Waals surface area (Å²) in [6.07, 6.45) is -4.01. The number of rotatable bonds is 5. The summed E-state index contributed by atoms with van der Waals surface area (Å²) in [5, 5.41) is 6.58. The average molecular weight is 303 g/mol. The van der Waals surface area contributed by atoms with Crippen molar-refractivity contribution in [2.24, 2.45) is 0 Å². The Labute approximate surface area is 117 Å². The molecule has 0 saturated heterocycles. The van der Waals surface area contributed by atoms with E-state index >= 15 is 0 Å². The van der Waals surface area contributed by atoms with E-state index in [0.29, 0.717) is 6.54 Å². The largest absolute Gasteiger partial charge is 0.451 e. The molecule has 1 atom stereocenters. The maximum absolute atomic E-state index is 12.5. The lowest BCUT2D eigenvalue weighted by Crippen LogP contribution is -2.32. The van der Waals surface area contributed by atoms with Crippen LogP contribution < -0.4 is 10.1 Å². The second kappa shape index (κ2) is 5.89. The number of nitrogens with one attached hydrogen (secondary N) is 1. The minimum atomic E-state index is -4.52. The zero-order valence-electron chi connectivity index (χ0n) is 11.2. The summed E-state index contributed by atoms with van der Waals surface area (Å²) in [5.41, 5.74) is 0. The van der Waals surface area contributed by atoms with Crippen LogP contribution >= 0.6 is 0 Å². The molecule has 0 saturated carbocycles. The Morgan fingerprint density at radius 2 is 2.10 bits per heavy atom. The van der Waals surface area contributed by atoms with E-state index in [9.17, 15) is 13.2 Å². The number of hydrogen-bond acceptors (Lipinski definition) is 7. The summed E-state index contributed by atoms with van der Waals surface area (Å²) in [6, 6.07) is -0.448. The lowest BCUT2D eigenvalue weighted by atomic mass is 10.4. The van der Waals surface area contributed by atoms with Gasteiger partial charge in [-0.2, -0.15) is 37.9 Å². The van der Waals surface area contributed by atoms with Crippen LogP contribution in [0.15, 0.2) is 12.7 Å². The molecule has 114 valence electrons. The SMILES string of the molecule is CCNc1nc(OC(C)C(F)(F)F)nc(-n2cncn2)n1. The molecule has 0 amide bonds. The highest BCUT2D eigenvalue weighted by Crippen LogP contribution is 2.23. The fourth-order valence-electron chi connectivity index (χ4n) is 1.27. The van der Waals surface area contributed by atoms with E-state index in [4.69, 9.17) is 4.74 Å². The zero-order valence-corrected chi connectivity index (χ0v) is 11.2. The van der Waals surface area contributed by atoms with E-state index < -0.39 is 18.3 Å². The lowest BCUT2D eigenvalue weighted by Gasteiger charge is -2.16. The summed E-state index contributed by atoms with van der Waals surface area (Å²) in [6.45, 7) is 3.14. The molecule has 0 fully saturated rings. The summed E-state index contributed by atoms with van der Waals surface area (Å²) >= 11 is 0. The second-order valence-electron chi connectivity index (χ2n) is 3.91. The van der Waals surface area contributed by atoms with Gasteiger partial charge in [-0.15, -0.1) is 0 Å². The predicted octanol–water partition coefficient (Wildman–Crippen LogP) is 1.21. The van der Waals surface area contributed by atoms with Gasteiger partial charge in [-0.3, -0.25) is 0 Å². The van der Waals surface area contributed by atoms with Gasteiger partial charge in [0.2, 0.25) is 5.95 Å². The quantitative estimate of drug-likeness (QED) is 0.887. The smallest absolute Gasteiger partial charge is 0.425 e. The summed E-state index contributed by atoms with van der Waals surface area (Å²) in [5.74, 6) is 0.0881. The Hall–Kier alpha value is -2.46. The van der Waals surface area contributed by atoms with E-state index in [-0.39, 0.29) is 11.9 Å². The van der Waals surface area contributed by atoms with Crippen molar-refractivity contribution < 1.29 is 17.9 Å². The molecule has 0 aliphatic heterocycles. The molecule has 2 aromatic rings. The van der Waals surface area contributed by atoms with Gasteiger partial charge in [0.1, 0.15) is 12.7 Å². The monoisotopic (exact) mass is 303 g/mol. The van der Waals surface area contributed by atoms with Gasteiger partial charge < -0.3 is 10.1 Å². The van der Waals surface area contributed by atoms with Crippen molar-refractivity contribution in [1.82, 2.24) is 29.7 Å². The number of ether oxygens (including phenoxy) is 1. The molecule has 2 heterocycles. The number of halogens is 3. The van der Waals surface area contributed by atoms with Gasteiger partial charge in [0.15, 0.2) is 6.10 Å². The van der Waals surface area contributed by atoms with Crippen LogP contribution in [-0.4, -0.2) is 48.5 Å². The number of anilines is 1. The third-order valence-corrected chi connectivity index (χ3v) is 2.30. The van der Waals surface area contributed by atoms with Crippen molar-refractivity contribution in [2.75, 3.05) is 11.9 Å². The first-order valence-electron chi connectivity index (χ1n) is 5.98. The normalized spacial score (nSPS) is 13.0. The molecular weight excluding hydrogens is 291 g/mol. The molecule has 0 radical (unpaired) electrons. The van der Waals surface area contributed by atoms with Crippen LogP contribution in [0.5, 0.6) is 6.01 Å². The highest BCUT2D eigenvalue weighted by atomic mass is 19.4. The van der Waals surface area contributed by atoms with Crippen LogP contribution in [0.1, 0.15) is 13.8 Å². The first-order chi connectivity index (χ1) is 9.90. The molecule has 0 aliphatic carbocycles. The van der Waals surface area contributed by atoms with Gasteiger partial charge >= 0.3 is 12.2 Å². The molecule has 21 heavy (non-hydrogen) atoms. The lowest BCUT2D eigenvalue weighted by molar-refractivity contribution is -0.190. The topological polar surface area (TPSA) is 90.6 Å². The average Bonchev–Trinajstić information content (AvgIpc) is 2.91. The minimum absolute atomic E-state index is 0.00262. The van der Waals surface area contributed by atoms with Gasteiger partial charge in [0, 0.05) is 6.54 Å². The maximum atomic E-state index is 12.5. The number of nitrogens with zero attached hydrogens (tertiary/aromatic N) is 6. The molecule has 0 aromatic carbocycles. The van der Waals surface area contributed by atoms with Crippen molar-refractivity contribution in [3.63, 3.8) is 0 Å². The van der Waals surface area contributed by atoms with Crippen molar-refractivity contribution in [1.29, 1.82) is 0 Å². The van der Waals surface area contributed by atoms with Crippen LogP contribution in [-0.2, 0) is 0 Å². The molecule has 8 nitrogen and oxygen atoms in total. The Morgan fingerprint density at radius 3 is 2.67 bits per heavy atom. The van der Waals surface area contributed by atoms with Gasteiger partial charge in [0.25, 0.3) is 5.95 Å². The first kappa shape index (κ1) is 14.9. The van der Waals surface area contributed by atoms with Gasteiger partial charge in [-0.25, -0.2) is 4.98 Å². The molecule has 11 heteroatoms. The molecular formula is C10H12F3N7O. The van der Waals surface area contributed by atoms with E-state index in [1.54, 1.807) is 6.92 Å². The minimum Gasteiger partial charge on any atom is -0.451 e. The Kier molecular flexibility index (Phi) is 4.19. The third-order valence-electron chi connectivity index (χ3n) is 2.30. The Bertz CT molecular complexity index is 587. The standard InChI is InChI=1S/C10H12F3N7O/c1-3-15-7-17-8(20-5-14-4-16-20)19-9(18-7)21-6(2)10(11,12)13/h4-6H,3H2,1-2H3,(H,15,17,18,19). The molecule has 2 rings (SSSR count). The van der Waals surface area contributed by atoms with Gasteiger partial charge in [-0.05, 0) is 13.8 Å².